The molecule has 30 heavy (non-hydrogen) atoms. The van der Waals surface area contributed by atoms with E-state index < -0.39 is 29.3 Å². The van der Waals surface area contributed by atoms with E-state index in [-0.39, 0.29) is 23.5 Å². The number of nitrogens with one attached hydrogen (secondary N) is 1. The SMILES string of the molecule is CCCOC(=O)c1ccc(NC(=O)c2cnn(-c3ccccc3)c2C(F)(F)F)cc1. The van der Waals surface area contributed by atoms with Gasteiger partial charge in [-0.05, 0) is 42.8 Å². The van der Waals surface area contributed by atoms with E-state index in [0.29, 0.717) is 11.1 Å². The summed E-state index contributed by atoms with van der Waals surface area (Å²) in [6, 6.07) is 13.4. The van der Waals surface area contributed by atoms with E-state index in [1.807, 2.05) is 6.92 Å². The Balaban J connectivity index is 1.84. The van der Waals surface area contributed by atoms with Gasteiger partial charge in [0.15, 0.2) is 5.69 Å². The van der Waals surface area contributed by atoms with Crippen molar-refractivity contribution in [2.45, 2.75) is 19.5 Å². The predicted molar refractivity (Wildman–Crippen MR) is 104 cm³/mol. The molecule has 2 aromatic carbocycles. The van der Waals surface area contributed by atoms with E-state index in [2.05, 4.69) is 10.4 Å². The molecule has 0 spiro atoms. The van der Waals surface area contributed by atoms with Crippen LogP contribution in [0.1, 0.15) is 39.8 Å². The van der Waals surface area contributed by atoms with Crippen LogP contribution in [0, 0.1) is 0 Å². The number of halogens is 3. The summed E-state index contributed by atoms with van der Waals surface area (Å²) in [7, 11) is 0. The summed E-state index contributed by atoms with van der Waals surface area (Å²) in [5, 5.41) is 6.16. The van der Waals surface area contributed by atoms with Crippen LogP contribution in [0.5, 0.6) is 0 Å². The Labute approximate surface area is 170 Å². The summed E-state index contributed by atoms with van der Waals surface area (Å²) >= 11 is 0. The van der Waals surface area contributed by atoms with Crippen LogP contribution in [0.3, 0.4) is 0 Å². The fraction of sp³-hybridized carbons (Fsp3) is 0.190. The third-order valence-corrected chi connectivity index (χ3v) is 4.10. The second kappa shape index (κ2) is 8.81. The lowest BCUT2D eigenvalue weighted by atomic mass is 10.2. The van der Waals surface area contributed by atoms with E-state index >= 15 is 0 Å². The van der Waals surface area contributed by atoms with Gasteiger partial charge in [-0.15, -0.1) is 0 Å². The molecule has 3 rings (SSSR count). The van der Waals surface area contributed by atoms with Crippen LogP contribution >= 0.6 is 0 Å². The number of carbonyl (C=O) groups excluding carboxylic acids is 2. The van der Waals surface area contributed by atoms with Crippen molar-refractivity contribution < 1.29 is 27.5 Å². The Morgan fingerprint density at radius 2 is 1.73 bits per heavy atom. The molecule has 0 saturated heterocycles. The highest BCUT2D eigenvalue weighted by Gasteiger charge is 2.40. The molecule has 6 nitrogen and oxygen atoms in total. The molecule has 1 amide bonds. The van der Waals surface area contributed by atoms with Gasteiger partial charge in [0.1, 0.15) is 0 Å². The van der Waals surface area contributed by atoms with Crippen LogP contribution in [0.2, 0.25) is 0 Å². The van der Waals surface area contributed by atoms with Gasteiger partial charge >= 0.3 is 12.1 Å². The number of para-hydroxylation sites is 1. The standard InChI is InChI=1S/C21H18F3N3O3/c1-2-12-30-20(29)14-8-10-15(11-9-14)26-19(28)17-13-25-27(18(17)21(22,23)24)16-6-4-3-5-7-16/h3-11,13H,2,12H2,1H3,(H,26,28). The molecule has 156 valence electrons. The van der Waals surface area contributed by atoms with E-state index in [4.69, 9.17) is 4.74 Å². The molecule has 0 atom stereocenters. The monoisotopic (exact) mass is 417 g/mol. The topological polar surface area (TPSA) is 73.2 Å². The number of aromatic nitrogens is 2. The lowest BCUT2D eigenvalue weighted by molar-refractivity contribution is -0.143. The van der Waals surface area contributed by atoms with Crippen molar-refractivity contribution in [3.8, 4) is 5.69 Å². The zero-order valence-electron chi connectivity index (χ0n) is 15.9. The Hall–Kier alpha value is -3.62. The number of benzene rings is 2. The van der Waals surface area contributed by atoms with Crippen LogP contribution < -0.4 is 5.32 Å². The van der Waals surface area contributed by atoms with Crippen molar-refractivity contribution in [1.82, 2.24) is 9.78 Å². The molecule has 0 bridgehead atoms. The maximum Gasteiger partial charge on any atom is 0.434 e. The normalized spacial score (nSPS) is 11.2. The number of ether oxygens (including phenoxy) is 1. The Morgan fingerprint density at radius 3 is 2.33 bits per heavy atom. The highest BCUT2D eigenvalue weighted by atomic mass is 19.4. The highest BCUT2D eigenvalue weighted by molar-refractivity contribution is 6.05. The molecule has 0 unspecified atom stereocenters. The highest BCUT2D eigenvalue weighted by Crippen LogP contribution is 2.34. The summed E-state index contributed by atoms with van der Waals surface area (Å²) in [6.07, 6.45) is -3.24. The summed E-state index contributed by atoms with van der Waals surface area (Å²) in [4.78, 5) is 24.3. The largest absolute Gasteiger partial charge is 0.462 e. The van der Waals surface area contributed by atoms with Crippen molar-refractivity contribution in [3.05, 3.63) is 77.6 Å². The quantitative estimate of drug-likeness (QED) is 0.590. The minimum Gasteiger partial charge on any atom is -0.462 e. The first-order chi connectivity index (χ1) is 14.3. The molecular weight excluding hydrogens is 399 g/mol. The van der Waals surface area contributed by atoms with Crippen molar-refractivity contribution in [3.63, 3.8) is 0 Å². The maximum absolute atomic E-state index is 13.7. The molecule has 0 aliphatic carbocycles. The van der Waals surface area contributed by atoms with Crippen molar-refractivity contribution in [2.75, 3.05) is 11.9 Å². The van der Waals surface area contributed by atoms with E-state index in [1.54, 1.807) is 18.2 Å². The van der Waals surface area contributed by atoms with Crippen LogP contribution in [0.15, 0.2) is 60.8 Å². The molecule has 1 heterocycles. The third kappa shape index (κ3) is 4.68. The molecule has 3 aromatic rings. The lowest BCUT2D eigenvalue weighted by Gasteiger charge is -2.13. The van der Waals surface area contributed by atoms with Crippen molar-refractivity contribution in [2.24, 2.45) is 0 Å². The molecule has 0 fully saturated rings. The number of rotatable bonds is 6. The minimum atomic E-state index is -4.80. The molecule has 0 radical (unpaired) electrons. The Morgan fingerprint density at radius 1 is 1.07 bits per heavy atom. The summed E-state index contributed by atoms with van der Waals surface area (Å²) in [5.41, 5.74) is -1.11. The summed E-state index contributed by atoms with van der Waals surface area (Å²) in [5.74, 6) is -1.48. The lowest BCUT2D eigenvalue weighted by Crippen LogP contribution is -2.20. The zero-order chi connectivity index (χ0) is 21.7. The summed E-state index contributed by atoms with van der Waals surface area (Å²) < 4.78 is 46.7. The van der Waals surface area contributed by atoms with Crippen molar-refractivity contribution >= 4 is 17.6 Å². The predicted octanol–water partition coefficient (Wildman–Crippen LogP) is 4.71. The number of hydrogen-bond acceptors (Lipinski definition) is 4. The number of esters is 1. The fourth-order valence-electron chi connectivity index (χ4n) is 2.72. The van der Waals surface area contributed by atoms with Crippen LogP contribution in [-0.4, -0.2) is 28.3 Å². The maximum atomic E-state index is 13.7. The third-order valence-electron chi connectivity index (χ3n) is 4.10. The molecule has 1 aromatic heterocycles. The molecular formula is C21H18F3N3O3. The van der Waals surface area contributed by atoms with Gasteiger partial charge in [-0.25, -0.2) is 9.48 Å². The average molecular weight is 417 g/mol. The zero-order valence-corrected chi connectivity index (χ0v) is 15.9. The van der Waals surface area contributed by atoms with Gasteiger partial charge in [0, 0.05) is 5.69 Å². The van der Waals surface area contributed by atoms with Crippen LogP contribution in [0.4, 0.5) is 18.9 Å². The molecule has 0 aliphatic rings. The Bertz CT molecular complexity index is 1030. The Kier molecular flexibility index (Phi) is 6.20. The first-order valence-corrected chi connectivity index (χ1v) is 9.10. The fourth-order valence-corrected chi connectivity index (χ4v) is 2.72. The number of hydrogen-bond donors (Lipinski definition) is 1. The number of nitrogens with zero attached hydrogens (tertiary/aromatic N) is 2. The number of carbonyl (C=O) groups is 2. The molecule has 1 N–H and O–H groups in total. The molecule has 9 heteroatoms. The van der Waals surface area contributed by atoms with Crippen LogP contribution in [0.25, 0.3) is 5.69 Å². The van der Waals surface area contributed by atoms with Gasteiger partial charge in [-0.1, -0.05) is 25.1 Å². The van der Waals surface area contributed by atoms with Crippen LogP contribution in [-0.2, 0) is 10.9 Å². The van der Waals surface area contributed by atoms with Gasteiger partial charge in [0.25, 0.3) is 5.91 Å². The molecule has 0 aliphatic heterocycles. The van der Waals surface area contributed by atoms with Gasteiger partial charge in [0.05, 0.1) is 29.6 Å². The smallest absolute Gasteiger partial charge is 0.434 e. The minimum absolute atomic E-state index is 0.179. The summed E-state index contributed by atoms with van der Waals surface area (Å²) in [6.45, 7) is 2.14. The van der Waals surface area contributed by atoms with E-state index in [0.717, 1.165) is 6.20 Å². The van der Waals surface area contributed by atoms with Gasteiger partial charge < -0.3 is 10.1 Å². The van der Waals surface area contributed by atoms with E-state index in [9.17, 15) is 22.8 Å². The number of amides is 1. The molecule has 0 saturated carbocycles. The first-order valence-electron chi connectivity index (χ1n) is 9.10. The second-order valence-corrected chi connectivity index (χ2v) is 6.32. The van der Waals surface area contributed by atoms with Gasteiger partial charge in [-0.3, -0.25) is 4.79 Å². The van der Waals surface area contributed by atoms with E-state index in [1.165, 1.54) is 36.4 Å². The number of alkyl halides is 3. The second-order valence-electron chi connectivity index (χ2n) is 6.32. The average Bonchev–Trinajstić information content (AvgIpc) is 3.19. The first kappa shape index (κ1) is 21.1. The van der Waals surface area contributed by atoms with Crippen molar-refractivity contribution in [1.29, 1.82) is 0 Å². The number of anilines is 1. The van der Waals surface area contributed by atoms with Gasteiger partial charge in [0.2, 0.25) is 0 Å². The van der Waals surface area contributed by atoms with Gasteiger partial charge in [-0.2, -0.15) is 18.3 Å².